The van der Waals surface area contributed by atoms with Gasteiger partial charge in [0.25, 0.3) is 0 Å². The Balaban J connectivity index is 1.71. The molecule has 0 bridgehead atoms. The quantitative estimate of drug-likeness (QED) is 0.694. The van der Waals surface area contributed by atoms with Crippen molar-refractivity contribution < 1.29 is 4.74 Å². The molecule has 2 nitrogen and oxygen atoms in total. The van der Waals surface area contributed by atoms with E-state index in [9.17, 15) is 0 Å². The first kappa shape index (κ1) is 18.0. The lowest BCUT2D eigenvalue weighted by Gasteiger charge is -2.47. The van der Waals surface area contributed by atoms with Crippen molar-refractivity contribution in [3.8, 4) is 5.75 Å². The van der Waals surface area contributed by atoms with E-state index in [1.807, 2.05) is 0 Å². The van der Waals surface area contributed by atoms with Gasteiger partial charge in [0.1, 0.15) is 5.75 Å². The van der Waals surface area contributed by atoms with Crippen molar-refractivity contribution in [2.75, 3.05) is 7.11 Å². The fraction of sp³-hybridized carbons (Fsp3) is 0.462. The highest BCUT2D eigenvalue weighted by Crippen LogP contribution is 2.52. The Hall–Kier alpha value is -2.06. The van der Waals surface area contributed by atoms with Crippen LogP contribution in [-0.2, 0) is 6.42 Å². The molecule has 0 saturated carbocycles. The van der Waals surface area contributed by atoms with Crippen molar-refractivity contribution in [2.24, 2.45) is 17.8 Å². The third-order valence-corrected chi connectivity index (χ3v) is 7.15. The standard InChI is InChI=1S/C26H31NO/c1-16-15-26(2,3)27-21-13-12-19-24-18(10-7-11-22(24)28-4)14-20(25(19)23(16)21)17-8-5-6-9-17/h5-7,10-13,15,17,20-21,23,27H,8-9,14H2,1-4H3. The SMILES string of the molecule is COc1cccc2c1C1=C(C(C3CC=CC3)C2)C2C(C)=CC(C)(C)NC2C=C1. The number of nitrogens with one attached hydrogen (secondary N) is 1. The lowest BCUT2D eigenvalue weighted by Crippen LogP contribution is -2.53. The van der Waals surface area contributed by atoms with Gasteiger partial charge in [0.2, 0.25) is 0 Å². The van der Waals surface area contributed by atoms with Gasteiger partial charge >= 0.3 is 0 Å². The molecule has 1 N–H and O–H groups in total. The van der Waals surface area contributed by atoms with Crippen LogP contribution in [0.4, 0.5) is 0 Å². The molecule has 2 heteroatoms. The fourth-order valence-corrected chi connectivity index (χ4v) is 6.17. The average molecular weight is 374 g/mol. The highest BCUT2D eigenvalue weighted by molar-refractivity contribution is 5.86. The number of methoxy groups -OCH3 is 1. The molecular weight excluding hydrogens is 342 g/mol. The molecule has 0 fully saturated rings. The van der Waals surface area contributed by atoms with E-state index in [1.165, 1.54) is 35.1 Å². The molecule has 0 saturated heterocycles. The third-order valence-electron chi connectivity index (χ3n) is 7.15. The Labute approximate surface area is 169 Å². The second-order valence-corrected chi connectivity index (χ2v) is 9.49. The van der Waals surface area contributed by atoms with Crippen molar-refractivity contribution in [1.29, 1.82) is 0 Å². The summed E-state index contributed by atoms with van der Waals surface area (Å²) in [6.07, 6.45) is 15.5. The molecule has 0 spiro atoms. The monoisotopic (exact) mass is 373 g/mol. The summed E-state index contributed by atoms with van der Waals surface area (Å²) in [6, 6.07) is 6.96. The van der Waals surface area contributed by atoms with Gasteiger partial charge in [-0.25, -0.2) is 0 Å². The van der Waals surface area contributed by atoms with Crippen molar-refractivity contribution in [2.45, 2.75) is 51.6 Å². The zero-order chi connectivity index (χ0) is 19.5. The zero-order valence-electron chi connectivity index (χ0n) is 17.5. The summed E-state index contributed by atoms with van der Waals surface area (Å²) in [5, 5.41) is 3.88. The number of ether oxygens (including phenoxy) is 1. The van der Waals surface area contributed by atoms with Crippen LogP contribution >= 0.6 is 0 Å². The third kappa shape index (κ3) is 2.73. The maximum Gasteiger partial charge on any atom is 0.126 e. The number of hydrogen-bond acceptors (Lipinski definition) is 2. The largest absolute Gasteiger partial charge is 0.496 e. The minimum atomic E-state index is 0.0440. The van der Waals surface area contributed by atoms with Crippen LogP contribution in [0.15, 0.2) is 59.7 Å². The zero-order valence-corrected chi connectivity index (χ0v) is 17.5. The van der Waals surface area contributed by atoms with Gasteiger partial charge in [-0.2, -0.15) is 0 Å². The molecule has 1 aliphatic heterocycles. The number of benzene rings is 1. The van der Waals surface area contributed by atoms with Crippen LogP contribution in [0.25, 0.3) is 5.57 Å². The molecule has 0 amide bonds. The lowest BCUT2D eigenvalue weighted by molar-refractivity contribution is 0.309. The van der Waals surface area contributed by atoms with Crippen molar-refractivity contribution >= 4 is 5.57 Å². The Kier molecular flexibility index (Phi) is 4.17. The van der Waals surface area contributed by atoms with Crippen LogP contribution in [-0.4, -0.2) is 18.7 Å². The highest BCUT2D eigenvalue weighted by atomic mass is 16.5. The van der Waals surface area contributed by atoms with Crippen LogP contribution in [0, 0.1) is 17.8 Å². The second-order valence-electron chi connectivity index (χ2n) is 9.49. The molecule has 1 aromatic carbocycles. The van der Waals surface area contributed by atoms with E-state index in [4.69, 9.17) is 4.74 Å². The molecule has 28 heavy (non-hydrogen) atoms. The van der Waals surface area contributed by atoms with Gasteiger partial charge in [-0.05, 0) is 74.6 Å². The van der Waals surface area contributed by atoms with E-state index < -0.39 is 0 Å². The van der Waals surface area contributed by atoms with E-state index in [1.54, 1.807) is 12.7 Å². The number of allylic oxidation sites excluding steroid dienone is 4. The molecule has 3 atom stereocenters. The smallest absolute Gasteiger partial charge is 0.126 e. The van der Waals surface area contributed by atoms with E-state index in [-0.39, 0.29) is 5.54 Å². The van der Waals surface area contributed by atoms with Gasteiger partial charge < -0.3 is 10.1 Å². The number of rotatable bonds is 2. The Morgan fingerprint density at radius 2 is 1.93 bits per heavy atom. The van der Waals surface area contributed by atoms with Gasteiger partial charge in [-0.3, -0.25) is 0 Å². The van der Waals surface area contributed by atoms with Gasteiger partial charge in [0.15, 0.2) is 0 Å². The van der Waals surface area contributed by atoms with Crippen LogP contribution in [0.1, 0.15) is 44.7 Å². The van der Waals surface area contributed by atoms with Gasteiger partial charge in [0, 0.05) is 23.1 Å². The summed E-state index contributed by atoms with van der Waals surface area (Å²) in [5.41, 5.74) is 7.40. The van der Waals surface area contributed by atoms with E-state index in [0.717, 1.165) is 18.1 Å². The maximum absolute atomic E-state index is 5.81. The molecular formula is C26H31NO. The van der Waals surface area contributed by atoms with Crippen molar-refractivity contribution in [3.63, 3.8) is 0 Å². The topological polar surface area (TPSA) is 21.3 Å². The van der Waals surface area contributed by atoms with Crippen molar-refractivity contribution in [3.05, 3.63) is 70.9 Å². The first-order valence-corrected chi connectivity index (χ1v) is 10.7. The fourth-order valence-electron chi connectivity index (χ4n) is 6.17. The van der Waals surface area contributed by atoms with Crippen molar-refractivity contribution in [1.82, 2.24) is 5.32 Å². The van der Waals surface area contributed by atoms with Gasteiger partial charge in [-0.15, -0.1) is 0 Å². The Morgan fingerprint density at radius 1 is 1.14 bits per heavy atom. The van der Waals surface area contributed by atoms with E-state index in [2.05, 4.69) is 74.7 Å². The first-order chi connectivity index (χ1) is 13.5. The van der Waals surface area contributed by atoms with Crippen LogP contribution < -0.4 is 10.1 Å². The molecule has 1 aromatic rings. The van der Waals surface area contributed by atoms with Crippen LogP contribution in [0.2, 0.25) is 0 Å². The summed E-state index contributed by atoms with van der Waals surface area (Å²) < 4.78 is 5.81. The lowest BCUT2D eigenvalue weighted by atomic mass is 9.62. The summed E-state index contributed by atoms with van der Waals surface area (Å²) in [7, 11) is 1.80. The molecule has 4 aliphatic rings. The molecule has 3 aliphatic carbocycles. The molecule has 5 rings (SSSR count). The first-order valence-electron chi connectivity index (χ1n) is 10.7. The summed E-state index contributed by atoms with van der Waals surface area (Å²) in [5.74, 6) is 2.80. The predicted octanol–water partition coefficient (Wildman–Crippen LogP) is 5.47. The molecule has 1 heterocycles. The average Bonchev–Trinajstić information content (AvgIpc) is 3.19. The summed E-state index contributed by atoms with van der Waals surface area (Å²) >= 11 is 0. The maximum atomic E-state index is 5.81. The molecule has 0 radical (unpaired) electrons. The summed E-state index contributed by atoms with van der Waals surface area (Å²) in [4.78, 5) is 0. The van der Waals surface area contributed by atoms with Gasteiger partial charge in [0.05, 0.1) is 7.11 Å². The molecule has 3 unspecified atom stereocenters. The predicted molar refractivity (Wildman–Crippen MR) is 116 cm³/mol. The van der Waals surface area contributed by atoms with E-state index >= 15 is 0 Å². The highest BCUT2D eigenvalue weighted by Gasteiger charge is 2.43. The normalized spacial score (nSPS) is 30.6. The number of fused-ring (bicyclic) bond motifs is 4. The van der Waals surface area contributed by atoms with Crippen LogP contribution in [0.3, 0.4) is 0 Å². The minimum Gasteiger partial charge on any atom is -0.496 e. The van der Waals surface area contributed by atoms with Crippen LogP contribution in [0.5, 0.6) is 5.75 Å². The Morgan fingerprint density at radius 3 is 2.68 bits per heavy atom. The van der Waals surface area contributed by atoms with Gasteiger partial charge in [-0.1, -0.05) is 48.1 Å². The summed E-state index contributed by atoms with van der Waals surface area (Å²) in [6.45, 7) is 6.90. The minimum absolute atomic E-state index is 0.0440. The number of hydrogen-bond donors (Lipinski definition) is 1. The second kappa shape index (κ2) is 6.49. The molecule has 146 valence electrons. The van der Waals surface area contributed by atoms with E-state index in [0.29, 0.717) is 17.9 Å². The molecule has 0 aromatic heterocycles. The Bertz CT molecular complexity index is 922.